The highest BCUT2D eigenvalue weighted by molar-refractivity contribution is 5.74. The van der Waals surface area contributed by atoms with Crippen molar-refractivity contribution in [2.45, 2.75) is 19.9 Å². The number of H-pyrrole nitrogens is 1. The molecule has 0 aliphatic rings. The minimum atomic E-state index is -0.485. The predicted molar refractivity (Wildman–Crippen MR) is 82.6 cm³/mol. The SMILES string of the molecule is C=C(C)Cn1c(NCCCN)nc2c1c(=O)[nH]c(=O)n2C. The van der Waals surface area contributed by atoms with Gasteiger partial charge in [0.1, 0.15) is 0 Å². The number of anilines is 1. The lowest BCUT2D eigenvalue weighted by atomic mass is 10.3. The topological polar surface area (TPSA) is 111 Å². The van der Waals surface area contributed by atoms with E-state index in [1.165, 1.54) is 4.57 Å². The molecular formula is C13H20N6O2. The molecule has 8 nitrogen and oxygen atoms in total. The second kappa shape index (κ2) is 5.96. The molecule has 2 aromatic heterocycles. The monoisotopic (exact) mass is 292 g/mol. The zero-order chi connectivity index (χ0) is 15.6. The Morgan fingerprint density at radius 2 is 2.19 bits per heavy atom. The smallest absolute Gasteiger partial charge is 0.329 e. The van der Waals surface area contributed by atoms with Gasteiger partial charge in [-0.1, -0.05) is 12.2 Å². The largest absolute Gasteiger partial charge is 0.356 e. The summed E-state index contributed by atoms with van der Waals surface area (Å²) in [5.41, 5.74) is 6.12. The van der Waals surface area contributed by atoms with E-state index in [0.717, 1.165) is 12.0 Å². The van der Waals surface area contributed by atoms with E-state index in [0.29, 0.717) is 36.7 Å². The fraction of sp³-hybridized carbons (Fsp3) is 0.462. The summed E-state index contributed by atoms with van der Waals surface area (Å²) in [6.07, 6.45) is 0.783. The molecule has 21 heavy (non-hydrogen) atoms. The van der Waals surface area contributed by atoms with Crippen molar-refractivity contribution < 1.29 is 0 Å². The third kappa shape index (κ3) is 2.89. The van der Waals surface area contributed by atoms with Crippen LogP contribution in [0.25, 0.3) is 11.2 Å². The van der Waals surface area contributed by atoms with E-state index in [1.54, 1.807) is 11.6 Å². The zero-order valence-electron chi connectivity index (χ0n) is 12.3. The second-order valence-electron chi connectivity index (χ2n) is 5.04. The first-order chi connectivity index (χ1) is 9.95. The van der Waals surface area contributed by atoms with Crippen molar-refractivity contribution in [1.29, 1.82) is 0 Å². The maximum Gasteiger partial charge on any atom is 0.329 e. The molecule has 2 rings (SSSR count). The molecule has 0 aliphatic carbocycles. The quantitative estimate of drug-likeness (QED) is 0.502. The van der Waals surface area contributed by atoms with Gasteiger partial charge >= 0.3 is 5.69 Å². The summed E-state index contributed by atoms with van der Waals surface area (Å²) in [5, 5.41) is 3.15. The molecule has 2 aromatic rings. The van der Waals surface area contributed by atoms with Gasteiger partial charge in [-0.15, -0.1) is 0 Å². The minimum Gasteiger partial charge on any atom is -0.356 e. The van der Waals surface area contributed by atoms with Crippen molar-refractivity contribution >= 4 is 17.1 Å². The van der Waals surface area contributed by atoms with Gasteiger partial charge in [0.15, 0.2) is 11.2 Å². The van der Waals surface area contributed by atoms with Crippen LogP contribution in [0.5, 0.6) is 0 Å². The Balaban J connectivity index is 2.64. The molecule has 0 bridgehead atoms. The number of aromatic nitrogens is 4. The van der Waals surface area contributed by atoms with Crippen LogP contribution in [-0.4, -0.2) is 32.2 Å². The van der Waals surface area contributed by atoms with Gasteiger partial charge in [-0.25, -0.2) is 4.79 Å². The van der Waals surface area contributed by atoms with Crippen LogP contribution in [0.15, 0.2) is 21.7 Å². The lowest BCUT2D eigenvalue weighted by Gasteiger charge is -2.09. The number of fused-ring (bicyclic) bond motifs is 1. The number of allylic oxidation sites excluding steroid dienone is 1. The standard InChI is InChI=1S/C13H20N6O2/c1-8(2)7-19-9-10(16-12(19)15-6-4-5-14)18(3)13(21)17-11(9)20/h1,4-7,14H2,2-3H3,(H,15,16)(H,17,20,21). The van der Waals surface area contributed by atoms with Gasteiger partial charge in [0.2, 0.25) is 5.95 Å². The van der Waals surface area contributed by atoms with E-state index >= 15 is 0 Å². The van der Waals surface area contributed by atoms with Crippen LogP contribution >= 0.6 is 0 Å². The van der Waals surface area contributed by atoms with Crippen LogP contribution < -0.4 is 22.3 Å². The number of hydrogen-bond donors (Lipinski definition) is 3. The molecule has 0 aromatic carbocycles. The van der Waals surface area contributed by atoms with Gasteiger partial charge in [0.05, 0.1) is 0 Å². The highest BCUT2D eigenvalue weighted by Crippen LogP contribution is 2.16. The molecule has 0 atom stereocenters. The van der Waals surface area contributed by atoms with Crippen LogP contribution in [0, 0.1) is 0 Å². The van der Waals surface area contributed by atoms with Crippen molar-refractivity contribution in [3.8, 4) is 0 Å². The first-order valence-electron chi connectivity index (χ1n) is 6.73. The molecule has 2 heterocycles. The van der Waals surface area contributed by atoms with Gasteiger partial charge in [-0.2, -0.15) is 4.98 Å². The third-order valence-corrected chi connectivity index (χ3v) is 3.10. The zero-order valence-corrected chi connectivity index (χ0v) is 12.3. The summed E-state index contributed by atoms with van der Waals surface area (Å²) < 4.78 is 3.05. The van der Waals surface area contributed by atoms with Gasteiger partial charge in [-0.05, 0) is 19.9 Å². The molecule has 0 amide bonds. The first kappa shape index (κ1) is 15.0. The summed E-state index contributed by atoms with van der Waals surface area (Å²) in [4.78, 5) is 30.4. The van der Waals surface area contributed by atoms with E-state index in [2.05, 4.69) is 21.9 Å². The van der Waals surface area contributed by atoms with Crippen molar-refractivity contribution in [3.63, 3.8) is 0 Å². The Bertz CT molecular complexity index is 782. The maximum atomic E-state index is 12.1. The van der Waals surface area contributed by atoms with E-state index in [4.69, 9.17) is 5.73 Å². The number of imidazole rings is 1. The van der Waals surface area contributed by atoms with Gasteiger partial charge in [0, 0.05) is 20.1 Å². The molecule has 0 aliphatic heterocycles. The molecule has 0 radical (unpaired) electrons. The number of hydrogen-bond acceptors (Lipinski definition) is 5. The normalized spacial score (nSPS) is 11.0. The number of aromatic amines is 1. The van der Waals surface area contributed by atoms with Crippen molar-refractivity contribution in [2.24, 2.45) is 12.8 Å². The lowest BCUT2D eigenvalue weighted by Crippen LogP contribution is -2.29. The van der Waals surface area contributed by atoms with Gasteiger partial charge in [-0.3, -0.25) is 14.3 Å². The molecule has 0 saturated carbocycles. The third-order valence-electron chi connectivity index (χ3n) is 3.10. The number of rotatable bonds is 6. The van der Waals surface area contributed by atoms with Crippen LogP contribution in [0.1, 0.15) is 13.3 Å². The Hall–Kier alpha value is -2.35. The summed E-state index contributed by atoms with van der Waals surface area (Å²) in [5.74, 6) is 0.535. The average Bonchev–Trinajstić information content (AvgIpc) is 2.75. The van der Waals surface area contributed by atoms with E-state index in [-0.39, 0.29) is 0 Å². The number of nitrogens with two attached hydrogens (primary N) is 1. The Morgan fingerprint density at radius 3 is 2.81 bits per heavy atom. The van der Waals surface area contributed by atoms with Crippen LogP contribution in [0.3, 0.4) is 0 Å². The van der Waals surface area contributed by atoms with Gasteiger partial charge < -0.3 is 15.6 Å². The summed E-state index contributed by atoms with van der Waals surface area (Å²) in [6.45, 7) is 7.38. The fourth-order valence-corrected chi connectivity index (χ4v) is 2.10. The average molecular weight is 292 g/mol. The lowest BCUT2D eigenvalue weighted by molar-refractivity contribution is 0.787. The van der Waals surface area contributed by atoms with Crippen LogP contribution in [0.2, 0.25) is 0 Å². The van der Waals surface area contributed by atoms with Crippen molar-refractivity contribution in [2.75, 3.05) is 18.4 Å². The molecule has 8 heteroatoms. The Morgan fingerprint density at radius 1 is 1.48 bits per heavy atom. The highest BCUT2D eigenvalue weighted by Gasteiger charge is 2.16. The van der Waals surface area contributed by atoms with Gasteiger partial charge in [0.25, 0.3) is 5.56 Å². The van der Waals surface area contributed by atoms with Crippen molar-refractivity contribution in [1.82, 2.24) is 19.1 Å². The second-order valence-corrected chi connectivity index (χ2v) is 5.04. The summed E-state index contributed by atoms with van der Waals surface area (Å²) in [7, 11) is 1.57. The summed E-state index contributed by atoms with van der Waals surface area (Å²) >= 11 is 0. The Kier molecular flexibility index (Phi) is 4.27. The highest BCUT2D eigenvalue weighted by atomic mass is 16.2. The number of nitrogens with one attached hydrogen (secondary N) is 2. The molecule has 0 fully saturated rings. The minimum absolute atomic E-state index is 0.347. The Labute approximate surface area is 121 Å². The summed E-state index contributed by atoms with van der Waals surface area (Å²) in [6, 6.07) is 0. The number of aryl methyl sites for hydroxylation is 1. The molecule has 0 unspecified atom stereocenters. The fourth-order valence-electron chi connectivity index (χ4n) is 2.10. The van der Waals surface area contributed by atoms with Crippen molar-refractivity contribution in [3.05, 3.63) is 33.0 Å². The maximum absolute atomic E-state index is 12.1. The first-order valence-corrected chi connectivity index (χ1v) is 6.73. The van der Waals surface area contributed by atoms with E-state index in [9.17, 15) is 9.59 Å². The predicted octanol–water partition coefficient (Wildman–Crippen LogP) is -0.240. The molecular weight excluding hydrogens is 272 g/mol. The molecule has 4 N–H and O–H groups in total. The van der Waals surface area contributed by atoms with E-state index in [1.807, 2.05) is 6.92 Å². The van der Waals surface area contributed by atoms with Crippen LogP contribution in [-0.2, 0) is 13.6 Å². The van der Waals surface area contributed by atoms with Crippen LogP contribution in [0.4, 0.5) is 5.95 Å². The van der Waals surface area contributed by atoms with E-state index < -0.39 is 11.2 Å². The molecule has 0 spiro atoms. The molecule has 0 saturated heterocycles. The number of nitrogens with zero attached hydrogens (tertiary/aromatic N) is 3. The molecule has 114 valence electrons.